The zero-order chi connectivity index (χ0) is 17.4. The standard InChI is InChI=1S/C20H14N4O/c1-12-8-19(25)23-18-10-15(6-7-16(12)18)22-20-14(11-21)9-13-4-2-3-5-17(13)24-20/h2-10H,1H3,(H,22,24)(H,23,25). The fourth-order valence-electron chi connectivity index (χ4n) is 2.95. The Balaban J connectivity index is 1.82. The lowest BCUT2D eigenvalue weighted by Crippen LogP contribution is -2.05. The van der Waals surface area contributed by atoms with Crippen LogP contribution in [-0.4, -0.2) is 9.97 Å². The topological polar surface area (TPSA) is 81.6 Å². The highest BCUT2D eigenvalue weighted by Gasteiger charge is 2.08. The lowest BCUT2D eigenvalue weighted by Gasteiger charge is -2.10. The van der Waals surface area contributed by atoms with E-state index in [0.717, 1.165) is 33.1 Å². The zero-order valence-electron chi connectivity index (χ0n) is 13.5. The van der Waals surface area contributed by atoms with Gasteiger partial charge in [0, 0.05) is 22.5 Å². The van der Waals surface area contributed by atoms with Gasteiger partial charge in [0.25, 0.3) is 0 Å². The van der Waals surface area contributed by atoms with Crippen molar-refractivity contribution in [3.8, 4) is 6.07 Å². The van der Waals surface area contributed by atoms with Gasteiger partial charge >= 0.3 is 0 Å². The summed E-state index contributed by atoms with van der Waals surface area (Å²) in [6.45, 7) is 1.91. The fraction of sp³-hybridized carbons (Fsp3) is 0.0500. The summed E-state index contributed by atoms with van der Waals surface area (Å²) in [5, 5.41) is 14.5. The molecule has 0 aliphatic carbocycles. The predicted octanol–water partition coefficient (Wildman–Crippen LogP) is 4.00. The van der Waals surface area contributed by atoms with E-state index in [2.05, 4.69) is 21.4 Å². The summed E-state index contributed by atoms with van der Waals surface area (Å²) in [6.07, 6.45) is 0. The highest BCUT2D eigenvalue weighted by molar-refractivity contribution is 5.87. The van der Waals surface area contributed by atoms with E-state index in [4.69, 9.17) is 0 Å². The normalized spacial score (nSPS) is 10.7. The van der Waals surface area contributed by atoms with Gasteiger partial charge in [-0.1, -0.05) is 24.3 Å². The summed E-state index contributed by atoms with van der Waals surface area (Å²) < 4.78 is 0. The molecule has 5 heteroatoms. The molecule has 0 unspecified atom stereocenters. The van der Waals surface area contributed by atoms with Crippen LogP contribution in [0.25, 0.3) is 21.8 Å². The molecule has 0 bridgehead atoms. The van der Waals surface area contributed by atoms with E-state index in [1.807, 2.05) is 55.5 Å². The van der Waals surface area contributed by atoms with Crippen LogP contribution in [0.2, 0.25) is 0 Å². The van der Waals surface area contributed by atoms with Crippen LogP contribution in [0, 0.1) is 18.3 Å². The lowest BCUT2D eigenvalue weighted by molar-refractivity contribution is 1.27. The first-order valence-corrected chi connectivity index (χ1v) is 7.85. The summed E-state index contributed by atoms with van der Waals surface area (Å²) in [7, 11) is 0. The predicted molar refractivity (Wildman–Crippen MR) is 99.0 cm³/mol. The Labute approximate surface area is 143 Å². The second-order valence-electron chi connectivity index (χ2n) is 5.89. The van der Waals surface area contributed by atoms with Crippen LogP contribution in [0.5, 0.6) is 0 Å². The third kappa shape index (κ3) is 2.70. The smallest absolute Gasteiger partial charge is 0.248 e. The van der Waals surface area contributed by atoms with Crippen molar-refractivity contribution in [2.24, 2.45) is 0 Å². The summed E-state index contributed by atoms with van der Waals surface area (Å²) in [5.74, 6) is 0.496. The number of rotatable bonds is 2. The van der Waals surface area contributed by atoms with Crippen molar-refractivity contribution in [1.82, 2.24) is 9.97 Å². The quantitative estimate of drug-likeness (QED) is 0.583. The fourth-order valence-corrected chi connectivity index (χ4v) is 2.95. The summed E-state index contributed by atoms with van der Waals surface area (Å²) in [5.41, 5.74) is 3.57. The molecular formula is C20H14N4O. The van der Waals surface area contributed by atoms with Crippen molar-refractivity contribution in [2.75, 3.05) is 5.32 Å². The van der Waals surface area contributed by atoms with Crippen molar-refractivity contribution < 1.29 is 0 Å². The molecular weight excluding hydrogens is 312 g/mol. The molecule has 120 valence electrons. The third-order valence-corrected chi connectivity index (χ3v) is 4.16. The monoisotopic (exact) mass is 326 g/mol. The summed E-state index contributed by atoms with van der Waals surface area (Å²) in [4.78, 5) is 19.1. The van der Waals surface area contributed by atoms with Gasteiger partial charge in [0.2, 0.25) is 5.56 Å². The minimum Gasteiger partial charge on any atom is -0.339 e. The number of fused-ring (bicyclic) bond motifs is 2. The Hall–Kier alpha value is -3.65. The molecule has 0 spiro atoms. The third-order valence-electron chi connectivity index (χ3n) is 4.16. The number of aromatic nitrogens is 2. The average Bonchev–Trinajstić information content (AvgIpc) is 2.60. The maximum Gasteiger partial charge on any atom is 0.248 e. The SMILES string of the molecule is Cc1cc(=O)[nH]c2cc(Nc3nc4ccccc4cc3C#N)ccc12. The van der Waals surface area contributed by atoms with Gasteiger partial charge in [0.1, 0.15) is 11.9 Å². The molecule has 0 amide bonds. The molecule has 2 aromatic heterocycles. The first-order chi connectivity index (χ1) is 12.1. The second kappa shape index (κ2) is 5.77. The largest absolute Gasteiger partial charge is 0.339 e. The number of nitrogens with zero attached hydrogens (tertiary/aromatic N) is 2. The number of nitriles is 1. The van der Waals surface area contributed by atoms with Crippen molar-refractivity contribution in [1.29, 1.82) is 5.26 Å². The van der Waals surface area contributed by atoms with Gasteiger partial charge in [-0.3, -0.25) is 4.79 Å². The minimum absolute atomic E-state index is 0.135. The highest BCUT2D eigenvalue weighted by Crippen LogP contribution is 2.25. The average molecular weight is 326 g/mol. The number of anilines is 2. The summed E-state index contributed by atoms with van der Waals surface area (Å²) in [6, 6.07) is 18.9. The second-order valence-corrected chi connectivity index (χ2v) is 5.89. The van der Waals surface area contributed by atoms with Gasteiger partial charge < -0.3 is 10.3 Å². The van der Waals surface area contributed by atoms with Gasteiger partial charge in [-0.15, -0.1) is 0 Å². The molecule has 0 fully saturated rings. The van der Waals surface area contributed by atoms with Gasteiger partial charge in [0.15, 0.2) is 0 Å². The van der Waals surface area contributed by atoms with Gasteiger partial charge in [-0.05, 0) is 36.8 Å². The number of H-pyrrole nitrogens is 1. The van der Waals surface area contributed by atoms with Crippen molar-refractivity contribution in [3.63, 3.8) is 0 Å². The molecule has 0 atom stereocenters. The van der Waals surface area contributed by atoms with Gasteiger partial charge in [-0.2, -0.15) is 5.26 Å². The molecule has 4 rings (SSSR count). The van der Waals surface area contributed by atoms with Crippen LogP contribution in [0.3, 0.4) is 0 Å². The number of aromatic amines is 1. The molecule has 25 heavy (non-hydrogen) atoms. The van der Waals surface area contributed by atoms with E-state index >= 15 is 0 Å². The number of benzene rings is 2. The molecule has 2 N–H and O–H groups in total. The molecule has 0 aliphatic rings. The molecule has 0 aliphatic heterocycles. The minimum atomic E-state index is -0.135. The van der Waals surface area contributed by atoms with Gasteiger partial charge in [0.05, 0.1) is 16.6 Å². The summed E-state index contributed by atoms with van der Waals surface area (Å²) >= 11 is 0. The maximum atomic E-state index is 11.7. The Morgan fingerprint density at radius 1 is 1.12 bits per heavy atom. The van der Waals surface area contributed by atoms with E-state index < -0.39 is 0 Å². The Morgan fingerprint density at radius 2 is 1.96 bits per heavy atom. The number of hydrogen-bond donors (Lipinski definition) is 2. The maximum absolute atomic E-state index is 11.7. The van der Waals surface area contributed by atoms with E-state index in [1.54, 1.807) is 6.07 Å². The molecule has 2 aromatic carbocycles. The van der Waals surface area contributed by atoms with E-state index in [9.17, 15) is 10.1 Å². The number of para-hydroxylation sites is 1. The molecule has 4 aromatic rings. The molecule has 0 saturated carbocycles. The molecule has 0 radical (unpaired) electrons. The molecule has 2 heterocycles. The van der Waals surface area contributed by atoms with Crippen LogP contribution in [0.15, 0.2) is 59.4 Å². The van der Waals surface area contributed by atoms with Crippen LogP contribution >= 0.6 is 0 Å². The Morgan fingerprint density at radius 3 is 2.80 bits per heavy atom. The first-order valence-electron chi connectivity index (χ1n) is 7.85. The van der Waals surface area contributed by atoms with E-state index in [0.29, 0.717) is 11.4 Å². The number of aryl methyl sites for hydroxylation is 1. The van der Waals surface area contributed by atoms with E-state index in [1.165, 1.54) is 0 Å². The zero-order valence-corrected chi connectivity index (χ0v) is 13.5. The molecule has 5 nitrogen and oxygen atoms in total. The number of pyridine rings is 2. The van der Waals surface area contributed by atoms with Crippen LogP contribution < -0.4 is 10.9 Å². The number of hydrogen-bond acceptors (Lipinski definition) is 4. The van der Waals surface area contributed by atoms with Crippen LogP contribution in [0.1, 0.15) is 11.1 Å². The van der Waals surface area contributed by atoms with Gasteiger partial charge in [-0.25, -0.2) is 4.98 Å². The Kier molecular flexibility index (Phi) is 3.44. The van der Waals surface area contributed by atoms with Crippen molar-refractivity contribution >= 4 is 33.3 Å². The van der Waals surface area contributed by atoms with E-state index in [-0.39, 0.29) is 5.56 Å². The lowest BCUT2D eigenvalue weighted by atomic mass is 10.1. The van der Waals surface area contributed by atoms with Crippen LogP contribution in [-0.2, 0) is 0 Å². The Bertz CT molecular complexity index is 1220. The van der Waals surface area contributed by atoms with Crippen LogP contribution in [0.4, 0.5) is 11.5 Å². The first kappa shape index (κ1) is 14.9. The number of nitrogens with one attached hydrogen (secondary N) is 2. The van der Waals surface area contributed by atoms with Crippen molar-refractivity contribution in [2.45, 2.75) is 6.92 Å². The molecule has 0 saturated heterocycles. The van der Waals surface area contributed by atoms with Crippen molar-refractivity contribution in [3.05, 3.63) is 76.1 Å². The highest BCUT2D eigenvalue weighted by atomic mass is 16.1.